The lowest BCUT2D eigenvalue weighted by Crippen LogP contribution is -2.43. The summed E-state index contributed by atoms with van der Waals surface area (Å²) in [5, 5.41) is 10.8. The molecule has 150 valence electrons. The first-order valence-electron chi connectivity index (χ1n) is 8.86. The average molecular weight is 412 g/mol. The summed E-state index contributed by atoms with van der Waals surface area (Å²) in [7, 11) is 1.38. The van der Waals surface area contributed by atoms with Gasteiger partial charge in [0.2, 0.25) is 0 Å². The number of nitrogens with one attached hydrogen (secondary N) is 2. The second-order valence-corrected chi connectivity index (χ2v) is 7.12. The third-order valence-corrected chi connectivity index (χ3v) is 4.92. The number of imide groups is 1. The van der Waals surface area contributed by atoms with Gasteiger partial charge in [0, 0.05) is 13.2 Å². The largest absolute Gasteiger partial charge is 0.449 e. The second-order valence-electron chi connectivity index (χ2n) is 6.17. The Morgan fingerprint density at radius 2 is 1.93 bits per heavy atom. The Kier molecular flexibility index (Phi) is 6.40. The summed E-state index contributed by atoms with van der Waals surface area (Å²) in [6.07, 6.45) is 0.460. The third kappa shape index (κ3) is 5.08. The molecular weight excluding hydrogens is 392 g/mol. The van der Waals surface area contributed by atoms with Crippen LogP contribution >= 0.6 is 11.3 Å². The number of amides is 3. The van der Waals surface area contributed by atoms with Gasteiger partial charge in [-0.1, -0.05) is 36.4 Å². The molecule has 3 aromatic rings. The number of esters is 1. The van der Waals surface area contributed by atoms with Crippen molar-refractivity contribution in [3.8, 4) is 10.6 Å². The zero-order valence-electron chi connectivity index (χ0n) is 15.9. The Morgan fingerprint density at radius 3 is 2.59 bits per heavy atom. The molecule has 1 atom stereocenters. The minimum Gasteiger partial charge on any atom is -0.449 e. The number of ether oxygens (including phenoxy) is 1. The number of carbonyl (C=O) groups is 3. The molecule has 1 aromatic carbocycles. The highest BCUT2D eigenvalue weighted by atomic mass is 32.1. The lowest BCUT2D eigenvalue weighted by Gasteiger charge is -2.12. The first-order chi connectivity index (χ1) is 14.0. The van der Waals surface area contributed by atoms with Crippen molar-refractivity contribution >= 4 is 29.2 Å². The SMILES string of the molecule is CNC(=O)NC(=O)C(C)OC(=O)c1cn(Cc2ccccc2)nc1-c1cccs1. The van der Waals surface area contributed by atoms with E-state index < -0.39 is 24.0 Å². The van der Waals surface area contributed by atoms with Crippen LogP contribution in [-0.2, 0) is 16.1 Å². The number of benzene rings is 1. The zero-order chi connectivity index (χ0) is 20.8. The summed E-state index contributed by atoms with van der Waals surface area (Å²) in [4.78, 5) is 36.8. The van der Waals surface area contributed by atoms with Crippen molar-refractivity contribution in [3.63, 3.8) is 0 Å². The van der Waals surface area contributed by atoms with Crippen molar-refractivity contribution in [1.29, 1.82) is 0 Å². The van der Waals surface area contributed by atoms with E-state index in [4.69, 9.17) is 4.74 Å². The number of carbonyl (C=O) groups excluding carboxylic acids is 3. The Bertz CT molecular complexity index is 999. The minimum absolute atomic E-state index is 0.253. The number of aromatic nitrogens is 2. The highest BCUT2D eigenvalue weighted by molar-refractivity contribution is 7.13. The molecule has 0 bridgehead atoms. The second kappa shape index (κ2) is 9.16. The summed E-state index contributed by atoms with van der Waals surface area (Å²) in [6, 6.07) is 12.8. The van der Waals surface area contributed by atoms with Gasteiger partial charge in [0.05, 0.1) is 11.4 Å². The molecule has 29 heavy (non-hydrogen) atoms. The standard InChI is InChI=1S/C20H20N4O4S/c1-13(18(25)22-20(27)21-2)28-19(26)15-12-24(11-14-7-4-3-5-8-14)23-17(15)16-9-6-10-29-16/h3-10,12-13H,11H2,1-2H3,(H2,21,22,25,27). The number of hydrogen-bond donors (Lipinski definition) is 2. The van der Waals surface area contributed by atoms with Gasteiger partial charge >= 0.3 is 12.0 Å². The summed E-state index contributed by atoms with van der Waals surface area (Å²) >= 11 is 1.45. The van der Waals surface area contributed by atoms with E-state index in [-0.39, 0.29) is 5.56 Å². The summed E-state index contributed by atoms with van der Waals surface area (Å²) in [5.74, 6) is -1.40. The Balaban J connectivity index is 1.82. The number of thiophene rings is 1. The van der Waals surface area contributed by atoms with Gasteiger partial charge in [-0.15, -0.1) is 11.3 Å². The predicted octanol–water partition coefficient (Wildman–Crippen LogP) is 2.66. The van der Waals surface area contributed by atoms with Crippen LogP contribution in [0.2, 0.25) is 0 Å². The van der Waals surface area contributed by atoms with Crippen LogP contribution in [0.5, 0.6) is 0 Å². The molecule has 0 saturated carbocycles. The quantitative estimate of drug-likeness (QED) is 0.606. The molecule has 0 radical (unpaired) electrons. The van der Waals surface area contributed by atoms with Gasteiger partial charge in [-0.25, -0.2) is 9.59 Å². The van der Waals surface area contributed by atoms with E-state index in [2.05, 4.69) is 15.7 Å². The molecular formula is C20H20N4O4S. The molecule has 0 saturated heterocycles. The van der Waals surface area contributed by atoms with E-state index >= 15 is 0 Å². The van der Waals surface area contributed by atoms with E-state index in [0.717, 1.165) is 10.4 Å². The molecule has 9 heteroatoms. The van der Waals surface area contributed by atoms with Crippen molar-refractivity contribution < 1.29 is 19.1 Å². The molecule has 1 unspecified atom stereocenters. The molecule has 2 N–H and O–H groups in total. The van der Waals surface area contributed by atoms with E-state index in [9.17, 15) is 14.4 Å². The number of urea groups is 1. The van der Waals surface area contributed by atoms with Gasteiger partial charge in [-0.2, -0.15) is 5.10 Å². The van der Waals surface area contributed by atoms with E-state index in [1.807, 2.05) is 47.8 Å². The first-order valence-corrected chi connectivity index (χ1v) is 9.74. The fourth-order valence-electron chi connectivity index (χ4n) is 2.57. The van der Waals surface area contributed by atoms with Gasteiger partial charge in [0.1, 0.15) is 11.3 Å². The highest BCUT2D eigenvalue weighted by Crippen LogP contribution is 2.27. The van der Waals surface area contributed by atoms with Crippen molar-refractivity contribution in [3.05, 3.63) is 65.2 Å². The van der Waals surface area contributed by atoms with Crippen LogP contribution in [0.1, 0.15) is 22.8 Å². The maximum absolute atomic E-state index is 12.7. The summed E-state index contributed by atoms with van der Waals surface area (Å²) in [6.45, 7) is 1.88. The van der Waals surface area contributed by atoms with E-state index in [0.29, 0.717) is 12.2 Å². The number of hydrogen-bond acceptors (Lipinski definition) is 6. The summed E-state index contributed by atoms with van der Waals surface area (Å²) < 4.78 is 6.93. The van der Waals surface area contributed by atoms with Gasteiger partial charge in [-0.3, -0.25) is 14.8 Å². The molecule has 0 aliphatic carbocycles. The highest BCUT2D eigenvalue weighted by Gasteiger charge is 2.25. The Labute approximate surface area is 171 Å². The maximum Gasteiger partial charge on any atom is 0.342 e. The molecule has 2 heterocycles. The van der Waals surface area contributed by atoms with E-state index in [1.165, 1.54) is 25.3 Å². The third-order valence-electron chi connectivity index (χ3n) is 4.04. The van der Waals surface area contributed by atoms with Crippen LogP contribution in [0, 0.1) is 0 Å². The topological polar surface area (TPSA) is 102 Å². The normalized spacial score (nSPS) is 11.5. The lowest BCUT2D eigenvalue weighted by atomic mass is 10.2. The Hall–Kier alpha value is -3.46. The van der Waals surface area contributed by atoms with Crippen LogP contribution in [-0.4, -0.2) is 40.8 Å². The zero-order valence-corrected chi connectivity index (χ0v) is 16.7. The maximum atomic E-state index is 12.7. The van der Waals surface area contributed by atoms with Crippen molar-refractivity contribution in [1.82, 2.24) is 20.4 Å². The molecule has 0 aliphatic heterocycles. The first kappa shape index (κ1) is 20.3. The smallest absolute Gasteiger partial charge is 0.342 e. The van der Waals surface area contributed by atoms with Crippen molar-refractivity contribution in [2.45, 2.75) is 19.6 Å². The molecule has 2 aromatic heterocycles. The summed E-state index contributed by atoms with van der Waals surface area (Å²) in [5.41, 5.74) is 1.77. The monoisotopic (exact) mass is 412 g/mol. The van der Waals surface area contributed by atoms with Crippen LogP contribution in [0.25, 0.3) is 10.6 Å². The number of nitrogens with zero attached hydrogens (tertiary/aromatic N) is 2. The van der Waals surface area contributed by atoms with Crippen LogP contribution in [0.3, 0.4) is 0 Å². The van der Waals surface area contributed by atoms with Crippen LogP contribution < -0.4 is 10.6 Å². The van der Waals surface area contributed by atoms with Crippen molar-refractivity contribution in [2.75, 3.05) is 7.05 Å². The molecule has 0 spiro atoms. The fraction of sp³-hybridized carbons (Fsp3) is 0.200. The number of rotatable bonds is 6. The molecule has 0 fully saturated rings. The fourth-order valence-corrected chi connectivity index (χ4v) is 3.29. The van der Waals surface area contributed by atoms with Crippen molar-refractivity contribution in [2.24, 2.45) is 0 Å². The molecule has 3 amide bonds. The van der Waals surface area contributed by atoms with Crippen LogP contribution in [0.4, 0.5) is 4.79 Å². The molecule has 0 aliphatic rings. The van der Waals surface area contributed by atoms with Crippen LogP contribution in [0.15, 0.2) is 54.0 Å². The Morgan fingerprint density at radius 1 is 1.17 bits per heavy atom. The molecule has 8 nitrogen and oxygen atoms in total. The van der Waals surface area contributed by atoms with E-state index in [1.54, 1.807) is 10.9 Å². The average Bonchev–Trinajstić information content (AvgIpc) is 3.38. The lowest BCUT2D eigenvalue weighted by molar-refractivity contribution is -0.127. The van der Waals surface area contributed by atoms with Gasteiger partial charge < -0.3 is 10.1 Å². The van der Waals surface area contributed by atoms with Gasteiger partial charge in [0.15, 0.2) is 6.10 Å². The minimum atomic E-state index is -1.14. The van der Waals surface area contributed by atoms with Gasteiger partial charge in [-0.05, 0) is 23.9 Å². The van der Waals surface area contributed by atoms with Gasteiger partial charge in [0.25, 0.3) is 5.91 Å². The molecule has 3 rings (SSSR count). The predicted molar refractivity (Wildman–Crippen MR) is 109 cm³/mol.